The van der Waals surface area contributed by atoms with E-state index in [1.54, 1.807) is 6.92 Å². The zero-order valence-corrected chi connectivity index (χ0v) is 10.2. The summed E-state index contributed by atoms with van der Waals surface area (Å²) in [6.45, 7) is 2.37. The maximum Gasteiger partial charge on any atom is 0.415 e. The monoisotopic (exact) mass is 266 g/mol. The van der Waals surface area contributed by atoms with Crippen molar-refractivity contribution in [2.45, 2.75) is 37.6 Å². The molecule has 1 rings (SSSR count). The van der Waals surface area contributed by atoms with E-state index in [1.807, 2.05) is 0 Å². The van der Waals surface area contributed by atoms with Gasteiger partial charge >= 0.3 is 6.18 Å². The zero-order chi connectivity index (χ0) is 13.8. The Labute approximate surface area is 104 Å². The molecule has 0 aromatic rings. The van der Waals surface area contributed by atoms with Crippen molar-refractivity contribution in [3.63, 3.8) is 0 Å². The third kappa shape index (κ3) is 3.83. The fourth-order valence-electron chi connectivity index (χ4n) is 2.01. The van der Waals surface area contributed by atoms with Crippen LogP contribution in [0.4, 0.5) is 13.2 Å². The van der Waals surface area contributed by atoms with Crippen LogP contribution in [0.25, 0.3) is 0 Å². The van der Waals surface area contributed by atoms with E-state index in [0.717, 1.165) is 0 Å². The van der Waals surface area contributed by atoms with Gasteiger partial charge in [0.2, 0.25) is 0 Å². The first-order valence-corrected chi connectivity index (χ1v) is 5.85. The summed E-state index contributed by atoms with van der Waals surface area (Å²) < 4.78 is 41.9. The van der Waals surface area contributed by atoms with Gasteiger partial charge in [-0.25, -0.2) is 0 Å². The second kappa shape index (κ2) is 5.87. The summed E-state index contributed by atoms with van der Waals surface area (Å²) in [5.74, 6) is 0. The number of nitriles is 1. The van der Waals surface area contributed by atoms with E-state index in [9.17, 15) is 13.2 Å². The number of aliphatic hydroxyl groups is 1. The summed E-state index contributed by atoms with van der Waals surface area (Å²) >= 11 is 0. The van der Waals surface area contributed by atoms with E-state index in [4.69, 9.17) is 15.1 Å². The molecule has 104 valence electrons. The third-order valence-electron chi connectivity index (χ3n) is 3.10. The number of alkyl halides is 3. The molecular formula is C11H17F3N2O2. The summed E-state index contributed by atoms with van der Waals surface area (Å²) in [5.41, 5.74) is -0.881. The van der Waals surface area contributed by atoms with Crippen molar-refractivity contribution in [3.8, 4) is 6.07 Å². The molecule has 1 saturated heterocycles. The van der Waals surface area contributed by atoms with Crippen LogP contribution in [0.15, 0.2) is 0 Å². The average molecular weight is 266 g/mol. The minimum absolute atomic E-state index is 0.320. The Morgan fingerprint density at radius 3 is 2.39 bits per heavy atom. The molecule has 0 bridgehead atoms. The van der Waals surface area contributed by atoms with Crippen LogP contribution in [0.5, 0.6) is 0 Å². The van der Waals surface area contributed by atoms with Gasteiger partial charge in [-0.2, -0.15) is 18.4 Å². The molecular weight excluding hydrogens is 249 g/mol. The molecule has 1 unspecified atom stereocenters. The Morgan fingerprint density at radius 1 is 1.44 bits per heavy atom. The molecule has 1 fully saturated rings. The van der Waals surface area contributed by atoms with Crippen molar-refractivity contribution < 1.29 is 23.0 Å². The second-order valence-electron chi connectivity index (χ2n) is 4.40. The van der Waals surface area contributed by atoms with Crippen LogP contribution in [0.1, 0.15) is 19.8 Å². The Hall–Kier alpha value is -0.840. The number of hydrogen-bond donors (Lipinski definition) is 1. The molecule has 1 atom stereocenters. The van der Waals surface area contributed by atoms with Crippen molar-refractivity contribution in [1.29, 1.82) is 5.26 Å². The number of ether oxygens (including phenoxy) is 1. The number of hydrogen-bond acceptors (Lipinski definition) is 4. The molecule has 1 N–H and O–H groups in total. The highest BCUT2D eigenvalue weighted by molar-refractivity contribution is 5.05. The van der Waals surface area contributed by atoms with Gasteiger partial charge in [-0.3, -0.25) is 0 Å². The molecule has 0 radical (unpaired) electrons. The topological polar surface area (TPSA) is 56.5 Å². The summed E-state index contributed by atoms with van der Waals surface area (Å²) in [4.78, 5) is 1.51. The molecule has 0 spiro atoms. The minimum Gasteiger partial charge on any atom is -0.382 e. The molecule has 4 nitrogen and oxygen atoms in total. The minimum atomic E-state index is -4.59. The first-order chi connectivity index (χ1) is 8.33. The molecule has 1 heterocycles. The van der Waals surface area contributed by atoms with E-state index >= 15 is 0 Å². The fraction of sp³-hybridized carbons (Fsp3) is 0.909. The molecule has 0 amide bonds. The quantitative estimate of drug-likeness (QED) is 0.833. The molecule has 7 heteroatoms. The van der Waals surface area contributed by atoms with Crippen LogP contribution < -0.4 is 0 Å². The van der Waals surface area contributed by atoms with Gasteiger partial charge in [0.05, 0.1) is 6.07 Å². The van der Waals surface area contributed by atoms with Crippen molar-refractivity contribution in [3.05, 3.63) is 0 Å². The highest BCUT2D eigenvalue weighted by Crippen LogP contribution is 2.27. The lowest BCUT2D eigenvalue weighted by Crippen LogP contribution is -2.49. The normalized spacial score (nSPS) is 22.4. The van der Waals surface area contributed by atoms with Gasteiger partial charge in [-0.15, -0.1) is 0 Å². The Balaban J connectivity index is 2.47. The third-order valence-corrected chi connectivity index (χ3v) is 3.10. The molecule has 18 heavy (non-hydrogen) atoms. The molecule has 0 aromatic heterocycles. The van der Waals surface area contributed by atoms with Crippen molar-refractivity contribution in [1.82, 2.24) is 4.90 Å². The average Bonchev–Trinajstić information content (AvgIpc) is 2.31. The Bertz CT molecular complexity index is 306. The van der Waals surface area contributed by atoms with E-state index in [0.29, 0.717) is 32.5 Å². The summed E-state index contributed by atoms with van der Waals surface area (Å²) in [6, 6.07) is 2.09. The molecule has 0 aromatic carbocycles. The number of likely N-dealkylation sites (tertiary alicyclic amines) is 1. The SMILES string of the molecule is CCOC1(C#N)CCN(CC(O)C(F)(F)F)CC1. The van der Waals surface area contributed by atoms with E-state index < -0.39 is 24.4 Å². The standard InChI is InChI=1S/C11H17F3N2O2/c1-2-18-10(8-15)3-5-16(6-4-10)7-9(17)11(12,13)14/h9,17H,2-7H2,1H3. The predicted octanol–water partition coefficient (Wildman–Crippen LogP) is 1.30. The van der Waals surface area contributed by atoms with Crippen molar-refractivity contribution >= 4 is 0 Å². The number of β-amino-alcohol motifs (C(OH)–C–C–N with tert-alkyl or cyclic N) is 1. The van der Waals surface area contributed by atoms with Crippen LogP contribution in [0.2, 0.25) is 0 Å². The van der Waals surface area contributed by atoms with Crippen LogP contribution in [-0.4, -0.2) is 54.1 Å². The largest absolute Gasteiger partial charge is 0.415 e. The zero-order valence-electron chi connectivity index (χ0n) is 10.2. The number of aliphatic hydroxyl groups excluding tert-OH is 1. The number of halogens is 3. The van der Waals surface area contributed by atoms with Crippen LogP contribution in [0, 0.1) is 11.3 Å². The van der Waals surface area contributed by atoms with Crippen LogP contribution >= 0.6 is 0 Å². The van der Waals surface area contributed by atoms with E-state index in [1.165, 1.54) is 4.90 Å². The van der Waals surface area contributed by atoms with E-state index in [2.05, 4.69) is 6.07 Å². The fourth-order valence-corrected chi connectivity index (χ4v) is 2.01. The molecule has 1 aliphatic rings. The Kier molecular flexibility index (Phi) is 4.96. The summed E-state index contributed by atoms with van der Waals surface area (Å²) in [7, 11) is 0. The number of nitrogens with zero attached hydrogens (tertiary/aromatic N) is 2. The maximum absolute atomic E-state index is 12.2. The molecule has 0 aliphatic carbocycles. The van der Waals surface area contributed by atoms with Crippen LogP contribution in [0.3, 0.4) is 0 Å². The highest BCUT2D eigenvalue weighted by Gasteiger charge is 2.41. The highest BCUT2D eigenvalue weighted by atomic mass is 19.4. The Morgan fingerprint density at radius 2 is 2.00 bits per heavy atom. The summed E-state index contributed by atoms with van der Waals surface area (Å²) in [5, 5.41) is 18.0. The van der Waals surface area contributed by atoms with Crippen molar-refractivity contribution in [2.24, 2.45) is 0 Å². The lowest BCUT2D eigenvalue weighted by Gasteiger charge is -2.37. The van der Waals surface area contributed by atoms with Gasteiger partial charge in [-0.05, 0) is 6.92 Å². The smallest absolute Gasteiger partial charge is 0.382 e. The lowest BCUT2D eigenvalue weighted by molar-refractivity contribution is -0.209. The van der Waals surface area contributed by atoms with Gasteiger partial charge in [0.1, 0.15) is 0 Å². The van der Waals surface area contributed by atoms with Crippen molar-refractivity contribution in [2.75, 3.05) is 26.2 Å². The first kappa shape index (κ1) is 15.2. The number of rotatable bonds is 4. The van der Waals surface area contributed by atoms with Crippen LogP contribution in [-0.2, 0) is 4.74 Å². The molecule has 0 saturated carbocycles. The first-order valence-electron chi connectivity index (χ1n) is 5.85. The summed E-state index contributed by atoms with van der Waals surface area (Å²) in [6.07, 6.45) is -6.20. The molecule has 1 aliphatic heterocycles. The van der Waals surface area contributed by atoms with Gasteiger partial charge in [0.15, 0.2) is 11.7 Å². The predicted molar refractivity (Wildman–Crippen MR) is 57.7 cm³/mol. The van der Waals surface area contributed by atoms with Gasteiger partial charge < -0.3 is 14.7 Å². The van der Waals surface area contributed by atoms with Gasteiger partial charge in [0, 0.05) is 39.1 Å². The maximum atomic E-state index is 12.2. The number of piperidine rings is 1. The van der Waals surface area contributed by atoms with E-state index in [-0.39, 0.29) is 0 Å². The lowest BCUT2D eigenvalue weighted by atomic mass is 9.92. The van der Waals surface area contributed by atoms with Gasteiger partial charge in [0.25, 0.3) is 0 Å². The second-order valence-corrected chi connectivity index (χ2v) is 4.40. The van der Waals surface area contributed by atoms with Gasteiger partial charge in [-0.1, -0.05) is 0 Å².